The van der Waals surface area contributed by atoms with Gasteiger partial charge < -0.3 is 5.73 Å². The van der Waals surface area contributed by atoms with E-state index in [-0.39, 0.29) is 11.4 Å². The Balaban J connectivity index is 2.63. The van der Waals surface area contributed by atoms with E-state index in [0.29, 0.717) is 25.4 Å². The first kappa shape index (κ1) is 10.5. The van der Waals surface area contributed by atoms with E-state index in [9.17, 15) is 4.79 Å². The van der Waals surface area contributed by atoms with Crippen molar-refractivity contribution in [3.8, 4) is 0 Å². The molecule has 1 heterocycles. The summed E-state index contributed by atoms with van der Waals surface area (Å²) < 4.78 is 0. The lowest BCUT2D eigenvalue weighted by Gasteiger charge is -2.29. The zero-order valence-corrected chi connectivity index (χ0v) is 8.63. The van der Waals surface area contributed by atoms with Gasteiger partial charge in [0, 0.05) is 25.0 Å². The van der Waals surface area contributed by atoms with E-state index in [4.69, 9.17) is 5.73 Å². The molecule has 0 aliphatic carbocycles. The Labute approximate surface area is 79.4 Å². The van der Waals surface area contributed by atoms with Gasteiger partial charge in [-0.3, -0.25) is 9.80 Å². The van der Waals surface area contributed by atoms with Gasteiger partial charge in [0.05, 0.1) is 0 Å². The molecule has 0 aromatic rings. The van der Waals surface area contributed by atoms with Crippen LogP contribution >= 0.6 is 0 Å². The van der Waals surface area contributed by atoms with Crippen LogP contribution in [0.3, 0.4) is 0 Å². The second-order valence-electron chi connectivity index (χ2n) is 4.19. The van der Waals surface area contributed by atoms with Gasteiger partial charge in [-0.15, -0.1) is 0 Å². The van der Waals surface area contributed by atoms with Crippen LogP contribution in [-0.2, 0) is 4.79 Å². The molecule has 0 saturated carbocycles. The molecule has 1 unspecified atom stereocenters. The van der Waals surface area contributed by atoms with Crippen LogP contribution in [0.15, 0.2) is 0 Å². The molecule has 13 heavy (non-hydrogen) atoms. The van der Waals surface area contributed by atoms with Crippen molar-refractivity contribution in [3.63, 3.8) is 0 Å². The number of amides is 1. The zero-order chi connectivity index (χ0) is 10.1. The third-order valence-corrected chi connectivity index (χ3v) is 2.84. The summed E-state index contributed by atoms with van der Waals surface area (Å²) in [7, 11) is 0. The molecular formula is C9H19N3O. The minimum atomic E-state index is -0.0910. The normalized spacial score (nSPS) is 29.0. The van der Waals surface area contributed by atoms with Gasteiger partial charge in [-0.1, -0.05) is 13.8 Å². The minimum Gasteiger partial charge on any atom is -0.329 e. The lowest BCUT2D eigenvalue weighted by molar-refractivity contribution is -0.129. The first-order valence-electron chi connectivity index (χ1n) is 4.78. The molecule has 1 atom stereocenters. The van der Waals surface area contributed by atoms with Crippen molar-refractivity contribution < 1.29 is 4.79 Å². The van der Waals surface area contributed by atoms with Crippen LogP contribution in [0, 0.1) is 5.92 Å². The summed E-state index contributed by atoms with van der Waals surface area (Å²) in [5.41, 5.74) is 8.53. The molecule has 1 saturated heterocycles. The Morgan fingerprint density at radius 2 is 2.31 bits per heavy atom. The predicted molar refractivity (Wildman–Crippen MR) is 51.8 cm³/mol. The molecule has 1 rings (SSSR count). The van der Waals surface area contributed by atoms with Crippen LogP contribution in [0.25, 0.3) is 0 Å². The highest BCUT2D eigenvalue weighted by Gasteiger charge is 2.40. The monoisotopic (exact) mass is 185 g/mol. The van der Waals surface area contributed by atoms with Crippen LogP contribution in [0.4, 0.5) is 0 Å². The maximum atomic E-state index is 11.5. The fourth-order valence-electron chi connectivity index (χ4n) is 1.46. The molecule has 1 aliphatic rings. The molecule has 0 aromatic carbocycles. The van der Waals surface area contributed by atoms with Crippen molar-refractivity contribution in [2.24, 2.45) is 11.7 Å². The Morgan fingerprint density at radius 3 is 2.69 bits per heavy atom. The summed E-state index contributed by atoms with van der Waals surface area (Å²) in [4.78, 5) is 11.5. The number of nitrogens with one attached hydrogen (secondary N) is 1. The molecule has 0 aromatic heterocycles. The Morgan fingerprint density at radius 1 is 1.69 bits per heavy atom. The number of hydrazine groups is 1. The summed E-state index contributed by atoms with van der Waals surface area (Å²) in [6.07, 6.45) is 0.574. The first-order valence-corrected chi connectivity index (χ1v) is 4.78. The molecule has 1 amide bonds. The Hall–Kier alpha value is -0.610. The lowest BCUT2D eigenvalue weighted by Crippen LogP contribution is -2.48. The van der Waals surface area contributed by atoms with E-state index >= 15 is 0 Å². The molecule has 4 heteroatoms. The fraction of sp³-hybridized carbons (Fsp3) is 0.889. The van der Waals surface area contributed by atoms with Gasteiger partial charge >= 0.3 is 0 Å². The van der Waals surface area contributed by atoms with Gasteiger partial charge in [-0.2, -0.15) is 0 Å². The standard InChI is InChI=1S/C9H19N3O/c1-7(2)9(3)6-8(13)12(11-9)5-4-10/h7,11H,4-6,10H2,1-3H3. The quantitative estimate of drug-likeness (QED) is 0.655. The molecule has 76 valence electrons. The number of carbonyl (C=O) groups excluding carboxylic acids is 1. The van der Waals surface area contributed by atoms with Crippen LogP contribution in [-0.4, -0.2) is 29.5 Å². The topological polar surface area (TPSA) is 58.4 Å². The highest BCUT2D eigenvalue weighted by atomic mass is 16.2. The van der Waals surface area contributed by atoms with Crippen molar-refractivity contribution in [3.05, 3.63) is 0 Å². The van der Waals surface area contributed by atoms with Gasteiger partial charge in [-0.25, -0.2) is 5.43 Å². The molecule has 3 N–H and O–H groups in total. The van der Waals surface area contributed by atoms with E-state index in [0.717, 1.165) is 0 Å². The largest absolute Gasteiger partial charge is 0.329 e. The number of nitrogens with zero attached hydrogens (tertiary/aromatic N) is 1. The second-order valence-corrected chi connectivity index (χ2v) is 4.19. The smallest absolute Gasteiger partial charge is 0.238 e. The van der Waals surface area contributed by atoms with Crippen LogP contribution in [0.5, 0.6) is 0 Å². The van der Waals surface area contributed by atoms with Gasteiger partial charge in [0.15, 0.2) is 0 Å². The van der Waals surface area contributed by atoms with Crippen LogP contribution < -0.4 is 11.2 Å². The molecular weight excluding hydrogens is 166 g/mol. The average Bonchev–Trinajstić information content (AvgIpc) is 2.29. The molecule has 1 fully saturated rings. The maximum absolute atomic E-state index is 11.5. The van der Waals surface area contributed by atoms with E-state index in [1.807, 2.05) is 0 Å². The number of hydrogen-bond donors (Lipinski definition) is 2. The summed E-state index contributed by atoms with van der Waals surface area (Å²) in [5.74, 6) is 0.598. The third kappa shape index (κ3) is 2.00. The van der Waals surface area contributed by atoms with Crippen molar-refractivity contribution in [2.75, 3.05) is 13.1 Å². The first-order chi connectivity index (χ1) is 5.99. The van der Waals surface area contributed by atoms with E-state index in [1.54, 1.807) is 5.01 Å². The SMILES string of the molecule is CC(C)C1(C)CC(=O)N(CCN)N1. The fourth-order valence-corrected chi connectivity index (χ4v) is 1.46. The second kappa shape index (κ2) is 3.64. The molecule has 0 spiro atoms. The number of rotatable bonds is 3. The summed E-state index contributed by atoms with van der Waals surface area (Å²) in [6, 6.07) is 0. The Bertz CT molecular complexity index is 205. The molecule has 0 radical (unpaired) electrons. The molecule has 4 nitrogen and oxygen atoms in total. The van der Waals surface area contributed by atoms with Crippen molar-refractivity contribution in [1.29, 1.82) is 0 Å². The van der Waals surface area contributed by atoms with Crippen molar-refractivity contribution in [1.82, 2.24) is 10.4 Å². The van der Waals surface area contributed by atoms with E-state index in [2.05, 4.69) is 26.2 Å². The highest BCUT2D eigenvalue weighted by molar-refractivity contribution is 5.79. The summed E-state index contributed by atoms with van der Waals surface area (Å²) in [6.45, 7) is 7.42. The summed E-state index contributed by atoms with van der Waals surface area (Å²) >= 11 is 0. The Kier molecular flexibility index (Phi) is 2.93. The predicted octanol–water partition coefficient (Wildman–Crippen LogP) is 0.0967. The molecule has 0 bridgehead atoms. The summed E-state index contributed by atoms with van der Waals surface area (Å²) in [5, 5.41) is 1.64. The number of nitrogens with two attached hydrogens (primary N) is 1. The van der Waals surface area contributed by atoms with Crippen LogP contribution in [0.2, 0.25) is 0 Å². The highest BCUT2D eigenvalue weighted by Crippen LogP contribution is 2.26. The maximum Gasteiger partial charge on any atom is 0.238 e. The third-order valence-electron chi connectivity index (χ3n) is 2.84. The van der Waals surface area contributed by atoms with E-state index < -0.39 is 0 Å². The van der Waals surface area contributed by atoms with Gasteiger partial charge in [0.2, 0.25) is 5.91 Å². The molecule has 1 aliphatic heterocycles. The van der Waals surface area contributed by atoms with Gasteiger partial charge in [0.1, 0.15) is 0 Å². The average molecular weight is 185 g/mol. The van der Waals surface area contributed by atoms with Gasteiger partial charge in [-0.05, 0) is 12.8 Å². The van der Waals surface area contributed by atoms with E-state index in [1.165, 1.54) is 0 Å². The zero-order valence-electron chi connectivity index (χ0n) is 8.63. The number of hydrogen-bond acceptors (Lipinski definition) is 3. The van der Waals surface area contributed by atoms with Crippen molar-refractivity contribution >= 4 is 5.91 Å². The van der Waals surface area contributed by atoms with Crippen LogP contribution in [0.1, 0.15) is 27.2 Å². The van der Waals surface area contributed by atoms with Gasteiger partial charge in [0.25, 0.3) is 0 Å². The lowest BCUT2D eigenvalue weighted by atomic mass is 9.87. The minimum absolute atomic E-state index is 0.0910. The van der Waals surface area contributed by atoms with Crippen molar-refractivity contribution in [2.45, 2.75) is 32.7 Å². The number of carbonyl (C=O) groups is 1.